The normalized spacial score (nSPS) is 18.9. The van der Waals surface area contributed by atoms with Crippen molar-refractivity contribution in [1.29, 1.82) is 0 Å². The third-order valence-electron chi connectivity index (χ3n) is 3.82. The van der Waals surface area contributed by atoms with Gasteiger partial charge in [0.1, 0.15) is 6.34 Å². The molecule has 23 heavy (non-hydrogen) atoms. The third kappa shape index (κ3) is 2.32. The Hall–Kier alpha value is -2.89. The Morgan fingerprint density at radius 1 is 0.870 bits per heavy atom. The number of rotatable bonds is 5. The Labute approximate surface area is 134 Å². The lowest BCUT2D eigenvalue weighted by molar-refractivity contribution is 0.320. The summed E-state index contributed by atoms with van der Waals surface area (Å²) >= 11 is 0. The molecule has 2 aromatic rings. The van der Waals surface area contributed by atoms with Crippen LogP contribution in [0.4, 0.5) is 0 Å². The molecule has 6 nitrogen and oxygen atoms in total. The summed E-state index contributed by atoms with van der Waals surface area (Å²) in [7, 11) is 4.76. The fraction of sp³-hybridized carbons (Fsp3) is 0.235. The van der Waals surface area contributed by atoms with E-state index in [0.29, 0.717) is 17.2 Å². The van der Waals surface area contributed by atoms with Crippen LogP contribution in [0.25, 0.3) is 0 Å². The van der Waals surface area contributed by atoms with Crippen LogP contribution in [0.2, 0.25) is 0 Å². The first-order valence-corrected chi connectivity index (χ1v) is 7.05. The second-order valence-electron chi connectivity index (χ2n) is 4.91. The summed E-state index contributed by atoms with van der Waals surface area (Å²) < 4.78 is 16.4. The molecule has 0 N–H and O–H groups in total. The highest BCUT2D eigenvalue weighted by Gasteiger charge is 2.38. The number of aromatic nitrogens is 1. The van der Waals surface area contributed by atoms with Gasteiger partial charge < -0.3 is 14.2 Å². The lowest BCUT2D eigenvalue weighted by Gasteiger charge is -2.27. The Morgan fingerprint density at radius 2 is 1.61 bits per heavy atom. The van der Waals surface area contributed by atoms with Gasteiger partial charge in [-0.2, -0.15) is 0 Å². The summed E-state index contributed by atoms with van der Waals surface area (Å²) in [6, 6.07) is 7.56. The fourth-order valence-electron chi connectivity index (χ4n) is 2.75. The van der Waals surface area contributed by atoms with Crippen molar-refractivity contribution in [2.24, 2.45) is 9.98 Å². The second kappa shape index (κ2) is 6.08. The van der Waals surface area contributed by atoms with Crippen LogP contribution < -0.4 is 14.2 Å². The first-order valence-electron chi connectivity index (χ1n) is 7.05. The van der Waals surface area contributed by atoms with Gasteiger partial charge in [-0.15, -0.1) is 0 Å². The number of pyridine rings is 1. The van der Waals surface area contributed by atoms with E-state index in [4.69, 9.17) is 14.2 Å². The minimum absolute atomic E-state index is 0.524. The van der Waals surface area contributed by atoms with Crippen molar-refractivity contribution in [2.45, 2.75) is 5.54 Å². The Morgan fingerprint density at radius 3 is 2.17 bits per heavy atom. The lowest BCUT2D eigenvalue weighted by Crippen LogP contribution is -2.26. The van der Waals surface area contributed by atoms with E-state index in [1.54, 1.807) is 39.9 Å². The van der Waals surface area contributed by atoms with Gasteiger partial charge in [-0.1, -0.05) is 0 Å². The first kappa shape index (κ1) is 15.0. The van der Waals surface area contributed by atoms with Gasteiger partial charge >= 0.3 is 0 Å². The Bertz CT molecular complexity index is 745. The first-order chi connectivity index (χ1) is 11.3. The molecule has 118 valence electrons. The second-order valence-corrected chi connectivity index (χ2v) is 4.91. The van der Waals surface area contributed by atoms with Gasteiger partial charge in [0.05, 0.1) is 21.3 Å². The smallest absolute Gasteiger partial charge is 0.203 e. The molecular weight excluding hydrogens is 294 g/mol. The highest BCUT2D eigenvalue weighted by molar-refractivity contribution is 5.92. The topological polar surface area (TPSA) is 65.3 Å². The SMILES string of the molecule is COc1ccc(C2(c3ccncc3)C=NC=N2)c(OC)c1OC. The number of nitrogens with zero attached hydrogens (tertiary/aromatic N) is 3. The average molecular weight is 311 g/mol. The molecule has 0 radical (unpaired) electrons. The van der Waals surface area contributed by atoms with Crippen molar-refractivity contribution in [3.63, 3.8) is 0 Å². The molecule has 0 amide bonds. The number of aliphatic imine (C=N–C) groups is 2. The minimum Gasteiger partial charge on any atom is -0.493 e. The van der Waals surface area contributed by atoms with Crippen molar-refractivity contribution in [3.8, 4) is 17.2 Å². The van der Waals surface area contributed by atoms with Gasteiger partial charge in [0.15, 0.2) is 17.0 Å². The highest BCUT2D eigenvalue weighted by Crippen LogP contribution is 2.47. The molecule has 0 saturated heterocycles. The quantitative estimate of drug-likeness (QED) is 0.851. The maximum atomic E-state index is 5.61. The number of ether oxygens (including phenoxy) is 3. The number of hydrogen-bond acceptors (Lipinski definition) is 6. The summed E-state index contributed by atoms with van der Waals surface area (Å²) in [5, 5.41) is 0. The van der Waals surface area contributed by atoms with E-state index in [0.717, 1.165) is 11.1 Å². The van der Waals surface area contributed by atoms with Crippen LogP contribution in [0.1, 0.15) is 11.1 Å². The van der Waals surface area contributed by atoms with Crippen molar-refractivity contribution >= 4 is 12.6 Å². The largest absolute Gasteiger partial charge is 0.493 e. The molecule has 1 aliphatic heterocycles. The average Bonchev–Trinajstić information content (AvgIpc) is 3.11. The molecule has 2 heterocycles. The van der Waals surface area contributed by atoms with Gasteiger partial charge in [-0.3, -0.25) is 9.98 Å². The molecule has 1 atom stereocenters. The predicted octanol–water partition coefficient (Wildman–Crippen LogP) is 2.46. The minimum atomic E-state index is -0.770. The highest BCUT2D eigenvalue weighted by atomic mass is 16.5. The molecular formula is C17H17N3O3. The maximum absolute atomic E-state index is 5.61. The summed E-state index contributed by atoms with van der Waals surface area (Å²) in [4.78, 5) is 12.9. The molecule has 1 aromatic heterocycles. The van der Waals surface area contributed by atoms with Gasteiger partial charge in [0.25, 0.3) is 0 Å². The standard InChI is InChI=1S/C17H17N3O3/c1-21-14-5-4-13(15(22-2)16(14)23-3)17(10-19-11-20-17)12-6-8-18-9-7-12/h4-11H,1-3H3. The molecule has 1 unspecified atom stereocenters. The molecule has 1 aromatic carbocycles. The van der Waals surface area contributed by atoms with Gasteiger partial charge in [0.2, 0.25) is 5.75 Å². The van der Waals surface area contributed by atoms with Crippen LogP contribution in [-0.4, -0.2) is 38.9 Å². The third-order valence-corrected chi connectivity index (χ3v) is 3.82. The van der Waals surface area contributed by atoms with E-state index in [-0.39, 0.29) is 0 Å². The van der Waals surface area contributed by atoms with Crippen LogP contribution in [0.3, 0.4) is 0 Å². The zero-order valence-corrected chi connectivity index (χ0v) is 13.2. The summed E-state index contributed by atoms with van der Waals surface area (Å²) in [6.07, 6.45) is 6.78. The van der Waals surface area contributed by atoms with Gasteiger partial charge in [-0.25, -0.2) is 4.99 Å². The zero-order chi connectivity index (χ0) is 16.3. The van der Waals surface area contributed by atoms with E-state index in [1.165, 1.54) is 6.34 Å². The Balaban J connectivity index is 2.27. The van der Waals surface area contributed by atoms with E-state index < -0.39 is 5.54 Å². The van der Waals surface area contributed by atoms with Crippen molar-refractivity contribution < 1.29 is 14.2 Å². The molecule has 0 spiro atoms. The molecule has 0 aliphatic carbocycles. The predicted molar refractivity (Wildman–Crippen MR) is 88.1 cm³/mol. The zero-order valence-electron chi connectivity index (χ0n) is 13.2. The molecule has 0 fully saturated rings. The molecule has 0 bridgehead atoms. The van der Waals surface area contributed by atoms with Crippen LogP contribution in [-0.2, 0) is 5.54 Å². The van der Waals surface area contributed by atoms with E-state index in [9.17, 15) is 0 Å². The number of methoxy groups -OCH3 is 3. The van der Waals surface area contributed by atoms with Crippen LogP contribution in [0.5, 0.6) is 17.2 Å². The van der Waals surface area contributed by atoms with Crippen LogP contribution in [0, 0.1) is 0 Å². The molecule has 0 saturated carbocycles. The Kier molecular flexibility index (Phi) is 3.97. The van der Waals surface area contributed by atoms with Crippen LogP contribution in [0.15, 0.2) is 46.6 Å². The van der Waals surface area contributed by atoms with Crippen molar-refractivity contribution in [1.82, 2.24) is 4.98 Å². The van der Waals surface area contributed by atoms with Gasteiger partial charge in [0, 0.05) is 24.2 Å². The molecule has 6 heteroatoms. The fourth-order valence-corrected chi connectivity index (χ4v) is 2.75. The van der Waals surface area contributed by atoms with Crippen molar-refractivity contribution in [2.75, 3.05) is 21.3 Å². The summed E-state index contributed by atoms with van der Waals surface area (Å²) in [6.45, 7) is 0. The molecule has 3 rings (SSSR count). The molecule has 1 aliphatic rings. The summed E-state index contributed by atoms with van der Waals surface area (Å²) in [5.74, 6) is 1.68. The summed E-state index contributed by atoms with van der Waals surface area (Å²) in [5.41, 5.74) is 0.991. The lowest BCUT2D eigenvalue weighted by atomic mass is 9.84. The van der Waals surface area contributed by atoms with Crippen molar-refractivity contribution in [3.05, 3.63) is 47.8 Å². The van der Waals surface area contributed by atoms with E-state index in [1.807, 2.05) is 24.3 Å². The van der Waals surface area contributed by atoms with Crippen LogP contribution >= 0.6 is 0 Å². The van der Waals surface area contributed by atoms with E-state index in [2.05, 4.69) is 15.0 Å². The monoisotopic (exact) mass is 311 g/mol. The number of benzene rings is 1. The van der Waals surface area contributed by atoms with E-state index >= 15 is 0 Å². The maximum Gasteiger partial charge on any atom is 0.203 e. The number of hydrogen-bond donors (Lipinski definition) is 0. The van der Waals surface area contributed by atoms with Gasteiger partial charge in [-0.05, 0) is 29.8 Å².